The van der Waals surface area contributed by atoms with E-state index in [-0.39, 0.29) is 29.8 Å². The van der Waals surface area contributed by atoms with Crippen molar-refractivity contribution >= 4 is 11.8 Å². The number of hydrogen-bond acceptors (Lipinski definition) is 3. The molecule has 0 spiro atoms. The van der Waals surface area contributed by atoms with Crippen molar-refractivity contribution in [2.75, 3.05) is 6.54 Å². The SMILES string of the molecule is CCC(NC(=O)C1CCCN1C(=O)C1CC1)c1ncc[nH]1. The summed E-state index contributed by atoms with van der Waals surface area (Å²) in [5.74, 6) is 1.05. The summed E-state index contributed by atoms with van der Waals surface area (Å²) in [6, 6.07) is -0.423. The van der Waals surface area contributed by atoms with Crippen molar-refractivity contribution in [2.45, 2.75) is 51.1 Å². The lowest BCUT2D eigenvalue weighted by molar-refractivity contribution is -0.139. The second-order valence-electron chi connectivity index (χ2n) is 5.91. The summed E-state index contributed by atoms with van der Waals surface area (Å²) >= 11 is 0. The van der Waals surface area contributed by atoms with Gasteiger partial charge in [-0.15, -0.1) is 0 Å². The first-order valence-corrected chi connectivity index (χ1v) is 7.80. The molecule has 1 saturated carbocycles. The normalized spacial score (nSPS) is 23.1. The van der Waals surface area contributed by atoms with Crippen LogP contribution >= 0.6 is 0 Å². The Kier molecular flexibility index (Phi) is 3.94. The molecule has 0 bridgehead atoms. The second kappa shape index (κ2) is 5.87. The first-order valence-electron chi connectivity index (χ1n) is 7.80. The molecule has 2 unspecified atom stereocenters. The van der Waals surface area contributed by atoms with E-state index in [4.69, 9.17) is 0 Å². The lowest BCUT2D eigenvalue weighted by atomic mass is 10.1. The molecule has 114 valence electrons. The van der Waals surface area contributed by atoms with Crippen LogP contribution < -0.4 is 5.32 Å². The molecular formula is C15H22N4O2. The minimum absolute atomic E-state index is 0.0512. The van der Waals surface area contributed by atoms with Gasteiger partial charge in [-0.3, -0.25) is 9.59 Å². The maximum atomic E-state index is 12.5. The van der Waals surface area contributed by atoms with E-state index in [9.17, 15) is 9.59 Å². The van der Waals surface area contributed by atoms with Gasteiger partial charge in [0.15, 0.2) is 0 Å². The molecule has 1 aliphatic carbocycles. The predicted octanol–water partition coefficient (Wildman–Crippen LogP) is 1.38. The number of likely N-dealkylation sites (tertiary alicyclic amines) is 1. The number of nitrogens with zero attached hydrogens (tertiary/aromatic N) is 2. The summed E-state index contributed by atoms with van der Waals surface area (Å²) in [5.41, 5.74) is 0. The molecule has 3 rings (SSSR count). The lowest BCUT2D eigenvalue weighted by Gasteiger charge is -2.25. The Balaban J connectivity index is 1.64. The van der Waals surface area contributed by atoms with Crippen LogP contribution in [0.4, 0.5) is 0 Å². The van der Waals surface area contributed by atoms with Crippen LogP contribution in [-0.4, -0.2) is 39.3 Å². The molecule has 2 N–H and O–H groups in total. The minimum Gasteiger partial charge on any atom is -0.347 e. The number of imidazole rings is 1. The number of carbonyl (C=O) groups excluding carboxylic acids is 2. The van der Waals surface area contributed by atoms with Crippen LogP contribution in [0.2, 0.25) is 0 Å². The zero-order valence-electron chi connectivity index (χ0n) is 12.3. The third kappa shape index (κ3) is 2.94. The number of carbonyl (C=O) groups is 2. The van der Waals surface area contributed by atoms with E-state index in [1.54, 1.807) is 17.3 Å². The number of rotatable bonds is 5. The van der Waals surface area contributed by atoms with E-state index in [0.717, 1.165) is 37.9 Å². The van der Waals surface area contributed by atoms with Gasteiger partial charge in [0.1, 0.15) is 11.9 Å². The van der Waals surface area contributed by atoms with E-state index < -0.39 is 0 Å². The monoisotopic (exact) mass is 290 g/mol. The topological polar surface area (TPSA) is 78.1 Å². The zero-order valence-corrected chi connectivity index (χ0v) is 12.3. The number of aromatic amines is 1. The van der Waals surface area contributed by atoms with E-state index in [1.807, 2.05) is 6.92 Å². The van der Waals surface area contributed by atoms with Crippen LogP contribution in [0.5, 0.6) is 0 Å². The molecule has 2 heterocycles. The largest absolute Gasteiger partial charge is 0.347 e. The van der Waals surface area contributed by atoms with Gasteiger partial charge < -0.3 is 15.2 Å². The first kappa shape index (κ1) is 14.1. The van der Waals surface area contributed by atoms with Gasteiger partial charge >= 0.3 is 0 Å². The highest BCUT2D eigenvalue weighted by atomic mass is 16.2. The van der Waals surface area contributed by atoms with Gasteiger partial charge in [0.2, 0.25) is 11.8 Å². The molecule has 2 fully saturated rings. The van der Waals surface area contributed by atoms with E-state index in [2.05, 4.69) is 15.3 Å². The number of H-pyrrole nitrogens is 1. The molecule has 1 aromatic rings. The van der Waals surface area contributed by atoms with Crippen LogP contribution in [0.15, 0.2) is 12.4 Å². The van der Waals surface area contributed by atoms with Gasteiger partial charge in [0.05, 0.1) is 6.04 Å². The highest BCUT2D eigenvalue weighted by Crippen LogP contribution is 2.33. The van der Waals surface area contributed by atoms with Crippen molar-refractivity contribution in [1.82, 2.24) is 20.2 Å². The number of aromatic nitrogens is 2. The molecule has 21 heavy (non-hydrogen) atoms. The lowest BCUT2D eigenvalue weighted by Crippen LogP contribution is -2.47. The Morgan fingerprint density at radius 3 is 2.90 bits per heavy atom. The number of amides is 2. The predicted molar refractivity (Wildman–Crippen MR) is 77.2 cm³/mol. The molecule has 2 aliphatic rings. The molecule has 1 saturated heterocycles. The zero-order chi connectivity index (χ0) is 14.8. The van der Waals surface area contributed by atoms with Crippen molar-refractivity contribution in [1.29, 1.82) is 0 Å². The van der Waals surface area contributed by atoms with Crippen LogP contribution in [0.25, 0.3) is 0 Å². The molecule has 2 atom stereocenters. The fourth-order valence-corrected chi connectivity index (χ4v) is 2.97. The van der Waals surface area contributed by atoms with Crippen molar-refractivity contribution in [3.8, 4) is 0 Å². The average molecular weight is 290 g/mol. The first-order chi connectivity index (χ1) is 10.2. The molecule has 6 heteroatoms. The Hall–Kier alpha value is -1.85. The Morgan fingerprint density at radius 1 is 1.48 bits per heavy atom. The smallest absolute Gasteiger partial charge is 0.243 e. The Bertz CT molecular complexity index is 510. The fourth-order valence-electron chi connectivity index (χ4n) is 2.97. The quantitative estimate of drug-likeness (QED) is 0.860. The third-order valence-corrected chi connectivity index (χ3v) is 4.34. The Labute approximate surface area is 124 Å². The van der Waals surface area contributed by atoms with Gasteiger partial charge in [-0.05, 0) is 32.1 Å². The molecule has 6 nitrogen and oxygen atoms in total. The summed E-state index contributed by atoms with van der Waals surface area (Å²) in [4.78, 5) is 33.8. The summed E-state index contributed by atoms with van der Waals surface area (Å²) in [6.45, 7) is 2.72. The summed E-state index contributed by atoms with van der Waals surface area (Å²) in [5, 5.41) is 3.03. The fraction of sp³-hybridized carbons (Fsp3) is 0.667. The molecule has 1 aliphatic heterocycles. The van der Waals surface area contributed by atoms with Crippen LogP contribution in [-0.2, 0) is 9.59 Å². The van der Waals surface area contributed by atoms with Crippen molar-refractivity contribution in [3.05, 3.63) is 18.2 Å². The van der Waals surface area contributed by atoms with Gasteiger partial charge in [-0.1, -0.05) is 6.92 Å². The number of nitrogens with one attached hydrogen (secondary N) is 2. The summed E-state index contributed by atoms with van der Waals surface area (Å²) in [6.07, 6.45) is 7.84. The molecular weight excluding hydrogens is 268 g/mol. The Morgan fingerprint density at radius 2 is 2.29 bits per heavy atom. The maximum absolute atomic E-state index is 12.5. The minimum atomic E-state index is -0.304. The average Bonchev–Trinajstić information content (AvgIpc) is 3.01. The highest BCUT2D eigenvalue weighted by Gasteiger charge is 2.41. The van der Waals surface area contributed by atoms with Gasteiger partial charge in [-0.25, -0.2) is 4.98 Å². The molecule has 0 aromatic carbocycles. The summed E-state index contributed by atoms with van der Waals surface area (Å²) in [7, 11) is 0. The van der Waals surface area contributed by atoms with E-state index in [0.29, 0.717) is 6.54 Å². The summed E-state index contributed by atoms with van der Waals surface area (Å²) < 4.78 is 0. The van der Waals surface area contributed by atoms with Crippen LogP contribution in [0.1, 0.15) is 50.9 Å². The van der Waals surface area contributed by atoms with Gasteiger partial charge in [0.25, 0.3) is 0 Å². The molecule has 0 radical (unpaired) electrons. The second-order valence-corrected chi connectivity index (χ2v) is 5.91. The van der Waals surface area contributed by atoms with E-state index in [1.165, 1.54) is 0 Å². The standard InChI is InChI=1S/C15H22N4O2/c1-2-11(13-16-7-8-17-13)18-14(20)12-4-3-9-19(12)15(21)10-5-6-10/h7-8,10-12H,2-6,9H2,1H3,(H,16,17)(H,18,20). The highest BCUT2D eigenvalue weighted by molar-refractivity contribution is 5.90. The van der Waals surface area contributed by atoms with Crippen molar-refractivity contribution in [3.63, 3.8) is 0 Å². The maximum Gasteiger partial charge on any atom is 0.243 e. The molecule has 2 amide bonds. The van der Waals surface area contributed by atoms with Crippen molar-refractivity contribution < 1.29 is 9.59 Å². The van der Waals surface area contributed by atoms with E-state index >= 15 is 0 Å². The van der Waals surface area contributed by atoms with Gasteiger partial charge in [0, 0.05) is 24.9 Å². The number of hydrogen-bond donors (Lipinski definition) is 2. The third-order valence-electron chi connectivity index (χ3n) is 4.34. The molecule has 1 aromatic heterocycles. The van der Waals surface area contributed by atoms with Gasteiger partial charge in [-0.2, -0.15) is 0 Å². The van der Waals surface area contributed by atoms with Crippen molar-refractivity contribution in [2.24, 2.45) is 5.92 Å². The van der Waals surface area contributed by atoms with Crippen LogP contribution in [0.3, 0.4) is 0 Å². The van der Waals surface area contributed by atoms with Crippen LogP contribution in [0, 0.1) is 5.92 Å².